The number of carbonyl (C=O) groups excluding carboxylic acids is 3. The van der Waals surface area contributed by atoms with Gasteiger partial charge in [-0.05, 0) is 55.9 Å². The van der Waals surface area contributed by atoms with Crippen LogP contribution in [0.2, 0.25) is 0 Å². The van der Waals surface area contributed by atoms with Crippen molar-refractivity contribution in [3.8, 4) is 0 Å². The van der Waals surface area contributed by atoms with Crippen LogP contribution in [0.4, 0.5) is 4.39 Å². The summed E-state index contributed by atoms with van der Waals surface area (Å²) in [6.45, 7) is 0.445. The van der Waals surface area contributed by atoms with E-state index in [1.807, 2.05) is 0 Å². The molecule has 7 nitrogen and oxygen atoms in total. The number of amides is 3. The average molecular weight is 398 g/mol. The van der Waals surface area contributed by atoms with Crippen molar-refractivity contribution in [1.82, 2.24) is 21.2 Å². The number of nitrogens with one attached hydrogen (secondary N) is 3. The van der Waals surface area contributed by atoms with E-state index in [9.17, 15) is 18.8 Å². The van der Waals surface area contributed by atoms with E-state index in [1.165, 1.54) is 30.6 Å². The minimum atomic E-state index is -0.542. The number of benzene rings is 1. The number of halogens is 1. The van der Waals surface area contributed by atoms with E-state index in [4.69, 9.17) is 0 Å². The summed E-state index contributed by atoms with van der Waals surface area (Å²) in [6.07, 6.45) is 5.88. The van der Waals surface area contributed by atoms with Gasteiger partial charge in [0.05, 0.1) is 5.56 Å². The molecule has 1 aromatic carbocycles. The van der Waals surface area contributed by atoms with Crippen LogP contribution in [0.25, 0.3) is 0 Å². The monoisotopic (exact) mass is 398 g/mol. The van der Waals surface area contributed by atoms with Crippen LogP contribution >= 0.6 is 0 Å². The highest BCUT2D eigenvalue weighted by molar-refractivity contribution is 5.95. The summed E-state index contributed by atoms with van der Waals surface area (Å²) >= 11 is 0. The van der Waals surface area contributed by atoms with Crippen molar-refractivity contribution in [2.75, 3.05) is 6.54 Å². The molecule has 0 atom stereocenters. The van der Waals surface area contributed by atoms with E-state index in [-0.39, 0.29) is 23.3 Å². The van der Waals surface area contributed by atoms with E-state index in [0.717, 1.165) is 12.8 Å². The molecule has 1 aliphatic rings. The van der Waals surface area contributed by atoms with Crippen molar-refractivity contribution in [2.24, 2.45) is 11.8 Å². The van der Waals surface area contributed by atoms with Crippen molar-refractivity contribution in [3.05, 3.63) is 65.7 Å². The number of carbonyl (C=O) groups is 3. The van der Waals surface area contributed by atoms with Crippen LogP contribution < -0.4 is 16.2 Å². The second-order valence-electron chi connectivity index (χ2n) is 7.09. The number of hydrogen-bond donors (Lipinski definition) is 3. The smallest absolute Gasteiger partial charge is 0.269 e. The first-order chi connectivity index (χ1) is 14.0. The number of hydrogen-bond acceptors (Lipinski definition) is 4. The Morgan fingerprint density at radius 3 is 2.31 bits per heavy atom. The highest BCUT2D eigenvalue weighted by Gasteiger charge is 2.27. The van der Waals surface area contributed by atoms with Crippen LogP contribution in [0.5, 0.6) is 0 Å². The Morgan fingerprint density at radius 1 is 0.931 bits per heavy atom. The largest absolute Gasteiger partial charge is 0.352 e. The average Bonchev–Trinajstić information content (AvgIpc) is 2.77. The highest BCUT2D eigenvalue weighted by Crippen LogP contribution is 2.28. The number of hydrazine groups is 1. The quantitative estimate of drug-likeness (QED) is 0.673. The molecule has 3 rings (SSSR count). The van der Waals surface area contributed by atoms with Gasteiger partial charge in [-0.15, -0.1) is 0 Å². The maximum Gasteiger partial charge on any atom is 0.269 e. The van der Waals surface area contributed by atoms with Crippen LogP contribution in [-0.2, 0) is 4.79 Å². The Morgan fingerprint density at radius 2 is 1.62 bits per heavy atom. The fraction of sp³-hybridized carbons (Fsp3) is 0.333. The molecule has 0 bridgehead atoms. The molecule has 152 valence electrons. The summed E-state index contributed by atoms with van der Waals surface area (Å²) in [5.41, 5.74) is 5.33. The van der Waals surface area contributed by atoms with Gasteiger partial charge in [0, 0.05) is 30.4 Å². The lowest BCUT2D eigenvalue weighted by atomic mass is 9.81. The van der Waals surface area contributed by atoms with E-state index in [1.54, 1.807) is 18.2 Å². The Hall–Kier alpha value is -3.29. The van der Waals surface area contributed by atoms with E-state index >= 15 is 0 Å². The molecule has 29 heavy (non-hydrogen) atoms. The van der Waals surface area contributed by atoms with Gasteiger partial charge in [0.1, 0.15) is 5.82 Å². The standard InChI is InChI=1S/C21H23FN4O3/c22-18-4-2-1-3-17(18)21(29)24-13-14-5-7-15(8-6-14)19(27)25-26-20(28)16-9-11-23-12-10-16/h1-4,9-12,14-15H,5-8,13H2,(H,24,29)(H,25,27)(H,26,28). The van der Waals surface area contributed by atoms with Gasteiger partial charge in [0.25, 0.3) is 11.8 Å². The van der Waals surface area contributed by atoms with Gasteiger partial charge in [-0.2, -0.15) is 0 Å². The van der Waals surface area contributed by atoms with Gasteiger partial charge in [0.15, 0.2) is 0 Å². The molecular weight excluding hydrogens is 375 g/mol. The third-order valence-electron chi connectivity index (χ3n) is 5.13. The molecule has 0 radical (unpaired) electrons. The topological polar surface area (TPSA) is 100 Å². The maximum atomic E-state index is 13.6. The molecule has 0 spiro atoms. The molecule has 1 fully saturated rings. The minimum Gasteiger partial charge on any atom is -0.352 e. The van der Waals surface area contributed by atoms with Gasteiger partial charge in [-0.25, -0.2) is 4.39 Å². The first kappa shape index (κ1) is 20.4. The summed E-state index contributed by atoms with van der Waals surface area (Å²) in [6, 6.07) is 8.98. The number of nitrogens with zero attached hydrogens (tertiary/aromatic N) is 1. The van der Waals surface area contributed by atoms with E-state index in [2.05, 4.69) is 21.2 Å². The van der Waals surface area contributed by atoms with Crippen LogP contribution in [0.15, 0.2) is 48.8 Å². The van der Waals surface area contributed by atoms with Gasteiger partial charge >= 0.3 is 0 Å². The molecular formula is C21H23FN4O3. The highest BCUT2D eigenvalue weighted by atomic mass is 19.1. The van der Waals surface area contributed by atoms with E-state index in [0.29, 0.717) is 24.9 Å². The molecule has 0 aliphatic heterocycles. The zero-order valence-corrected chi connectivity index (χ0v) is 15.9. The molecule has 3 N–H and O–H groups in total. The molecule has 2 aromatic rings. The Labute approximate surface area is 168 Å². The molecule has 0 unspecified atom stereocenters. The predicted octanol–water partition coefficient (Wildman–Crippen LogP) is 2.22. The SMILES string of the molecule is O=C(NNC(=O)C1CCC(CNC(=O)c2ccccc2F)CC1)c1ccncc1. The fourth-order valence-electron chi connectivity index (χ4n) is 3.40. The van der Waals surface area contributed by atoms with Crippen molar-refractivity contribution < 1.29 is 18.8 Å². The van der Waals surface area contributed by atoms with Crippen molar-refractivity contribution in [3.63, 3.8) is 0 Å². The number of pyridine rings is 1. The predicted molar refractivity (Wildman–Crippen MR) is 104 cm³/mol. The summed E-state index contributed by atoms with van der Waals surface area (Å²) in [4.78, 5) is 40.2. The normalized spacial score (nSPS) is 18.5. The van der Waals surface area contributed by atoms with Gasteiger partial charge in [-0.3, -0.25) is 30.2 Å². The van der Waals surface area contributed by atoms with Crippen molar-refractivity contribution >= 4 is 17.7 Å². The lowest BCUT2D eigenvalue weighted by Crippen LogP contribution is -2.45. The third kappa shape index (κ3) is 5.60. The zero-order chi connectivity index (χ0) is 20.6. The van der Waals surface area contributed by atoms with Gasteiger partial charge < -0.3 is 5.32 Å². The lowest BCUT2D eigenvalue weighted by molar-refractivity contribution is -0.127. The first-order valence-corrected chi connectivity index (χ1v) is 9.57. The molecule has 1 aliphatic carbocycles. The number of aromatic nitrogens is 1. The van der Waals surface area contributed by atoms with Crippen LogP contribution in [-0.4, -0.2) is 29.3 Å². The summed E-state index contributed by atoms with van der Waals surface area (Å²) in [5.74, 6) is -1.54. The maximum absolute atomic E-state index is 13.6. The Kier molecular flexibility index (Phi) is 6.89. The molecule has 1 heterocycles. The summed E-state index contributed by atoms with van der Waals surface area (Å²) in [7, 11) is 0. The van der Waals surface area contributed by atoms with E-state index < -0.39 is 17.6 Å². The van der Waals surface area contributed by atoms with Crippen molar-refractivity contribution in [1.29, 1.82) is 0 Å². The summed E-state index contributed by atoms with van der Waals surface area (Å²) < 4.78 is 13.6. The van der Waals surface area contributed by atoms with Crippen LogP contribution in [0, 0.1) is 17.7 Å². The third-order valence-corrected chi connectivity index (χ3v) is 5.13. The fourth-order valence-corrected chi connectivity index (χ4v) is 3.40. The Bertz CT molecular complexity index is 867. The minimum absolute atomic E-state index is 0.0329. The lowest BCUT2D eigenvalue weighted by Gasteiger charge is -2.27. The second kappa shape index (κ2) is 9.77. The van der Waals surface area contributed by atoms with Crippen LogP contribution in [0.1, 0.15) is 46.4 Å². The van der Waals surface area contributed by atoms with Crippen LogP contribution in [0.3, 0.4) is 0 Å². The van der Waals surface area contributed by atoms with Gasteiger partial charge in [0.2, 0.25) is 5.91 Å². The number of rotatable bonds is 5. The van der Waals surface area contributed by atoms with Gasteiger partial charge in [-0.1, -0.05) is 12.1 Å². The summed E-state index contributed by atoms with van der Waals surface area (Å²) in [5, 5.41) is 2.77. The molecule has 1 aromatic heterocycles. The molecule has 1 saturated carbocycles. The first-order valence-electron chi connectivity index (χ1n) is 9.57. The zero-order valence-electron chi connectivity index (χ0n) is 15.9. The Balaban J connectivity index is 1.38. The van der Waals surface area contributed by atoms with Crippen molar-refractivity contribution in [2.45, 2.75) is 25.7 Å². The second-order valence-corrected chi connectivity index (χ2v) is 7.09. The molecule has 0 saturated heterocycles. The molecule has 3 amide bonds. The molecule has 8 heteroatoms.